The summed E-state index contributed by atoms with van der Waals surface area (Å²) in [7, 11) is 0. The number of aryl methyl sites for hydroxylation is 3. The van der Waals surface area contributed by atoms with Crippen LogP contribution in [0.5, 0.6) is 0 Å². The van der Waals surface area contributed by atoms with Gasteiger partial charge in [-0.15, -0.1) is 12.4 Å². The van der Waals surface area contributed by atoms with Gasteiger partial charge in [-0.25, -0.2) is 4.98 Å². The van der Waals surface area contributed by atoms with Crippen molar-refractivity contribution >= 4 is 24.3 Å². The third-order valence-electron chi connectivity index (χ3n) is 4.35. The van der Waals surface area contributed by atoms with Crippen LogP contribution in [0.25, 0.3) is 0 Å². The van der Waals surface area contributed by atoms with E-state index in [2.05, 4.69) is 27.4 Å². The number of nitrogens with zero attached hydrogens (tertiary/aromatic N) is 4. The molecule has 0 bridgehead atoms. The van der Waals surface area contributed by atoms with Crippen molar-refractivity contribution in [2.24, 2.45) is 0 Å². The number of carbonyl (C=O) groups excluding carboxylic acids is 1. The molecule has 0 radical (unpaired) electrons. The maximum atomic E-state index is 12.7. The van der Waals surface area contributed by atoms with Crippen LogP contribution < -0.4 is 4.90 Å². The van der Waals surface area contributed by atoms with Gasteiger partial charge in [-0.3, -0.25) is 4.79 Å². The number of rotatable bonds is 3. The van der Waals surface area contributed by atoms with E-state index in [1.54, 1.807) is 0 Å². The topological polar surface area (TPSA) is 41.4 Å². The predicted octanol–water partition coefficient (Wildman–Crippen LogP) is 2.90. The zero-order chi connectivity index (χ0) is 16.4. The summed E-state index contributed by atoms with van der Waals surface area (Å²) < 4.78 is 2.14. The second-order valence-electron chi connectivity index (χ2n) is 6.17. The molecule has 3 rings (SSSR count). The highest BCUT2D eigenvalue weighted by molar-refractivity contribution is 5.94. The molecule has 1 aliphatic heterocycles. The van der Waals surface area contributed by atoms with Crippen LogP contribution in [0.15, 0.2) is 30.6 Å². The first-order valence-corrected chi connectivity index (χ1v) is 8.22. The fourth-order valence-corrected chi connectivity index (χ4v) is 3.22. The van der Waals surface area contributed by atoms with Crippen molar-refractivity contribution < 1.29 is 4.79 Å². The number of imidazole rings is 1. The van der Waals surface area contributed by atoms with E-state index in [-0.39, 0.29) is 18.3 Å². The summed E-state index contributed by atoms with van der Waals surface area (Å²) in [4.78, 5) is 21.4. The van der Waals surface area contributed by atoms with Crippen LogP contribution in [0.3, 0.4) is 0 Å². The Morgan fingerprint density at radius 3 is 2.29 bits per heavy atom. The van der Waals surface area contributed by atoms with Gasteiger partial charge in [0.05, 0.1) is 0 Å². The summed E-state index contributed by atoms with van der Waals surface area (Å²) >= 11 is 0. The molecule has 0 atom stereocenters. The maximum absolute atomic E-state index is 12.7. The smallest absolute Gasteiger partial charge is 0.253 e. The van der Waals surface area contributed by atoms with Crippen molar-refractivity contribution in [2.45, 2.75) is 27.3 Å². The molecule has 0 spiro atoms. The van der Waals surface area contributed by atoms with Crippen molar-refractivity contribution in [3.8, 4) is 0 Å². The van der Waals surface area contributed by atoms with E-state index in [1.165, 1.54) is 0 Å². The van der Waals surface area contributed by atoms with Gasteiger partial charge in [0.2, 0.25) is 5.95 Å². The number of carbonyl (C=O) groups is 1. The SMILES string of the molecule is CCn1ccnc1N1CCN(C(=O)c2cc(C)cc(C)c2)CC1.Cl. The number of aromatic nitrogens is 2. The first kappa shape index (κ1) is 18.3. The van der Waals surface area contributed by atoms with Crippen LogP contribution in [-0.4, -0.2) is 46.5 Å². The van der Waals surface area contributed by atoms with Gasteiger partial charge in [0.1, 0.15) is 0 Å². The first-order chi connectivity index (χ1) is 11.1. The molecule has 24 heavy (non-hydrogen) atoms. The van der Waals surface area contributed by atoms with Crippen molar-refractivity contribution in [1.29, 1.82) is 0 Å². The number of piperazine rings is 1. The maximum Gasteiger partial charge on any atom is 0.253 e. The molecule has 1 aliphatic rings. The zero-order valence-corrected chi connectivity index (χ0v) is 15.3. The van der Waals surface area contributed by atoms with Crippen LogP contribution in [0.2, 0.25) is 0 Å². The highest BCUT2D eigenvalue weighted by Crippen LogP contribution is 2.17. The monoisotopic (exact) mass is 348 g/mol. The van der Waals surface area contributed by atoms with Crippen LogP contribution in [0.1, 0.15) is 28.4 Å². The molecule has 1 saturated heterocycles. The number of hydrogen-bond acceptors (Lipinski definition) is 3. The summed E-state index contributed by atoms with van der Waals surface area (Å²) in [5.41, 5.74) is 3.07. The summed E-state index contributed by atoms with van der Waals surface area (Å²) in [6.45, 7) is 10.2. The van der Waals surface area contributed by atoms with Crippen LogP contribution in [0.4, 0.5) is 5.95 Å². The van der Waals surface area contributed by atoms with E-state index in [0.29, 0.717) is 0 Å². The number of amides is 1. The van der Waals surface area contributed by atoms with Gasteiger partial charge >= 0.3 is 0 Å². The highest BCUT2D eigenvalue weighted by atomic mass is 35.5. The summed E-state index contributed by atoms with van der Waals surface area (Å²) in [6, 6.07) is 6.05. The highest BCUT2D eigenvalue weighted by Gasteiger charge is 2.24. The molecular formula is C18H25ClN4O. The zero-order valence-electron chi connectivity index (χ0n) is 14.5. The summed E-state index contributed by atoms with van der Waals surface area (Å²) in [5, 5.41) is 0. The molecule has 0 saturated carbocycles. The number of halogens is 1. The fourth-order valence-electron chi connectivity index (χ4n) is 3.22. The quantitative estimate of drug-likeness (QED) is 0.856. The third-order valence-corrected chi connectivity index (χ3v) is 4.35. The standard InChI is InChI=1S/C18H24N4O.ClH/c1-4-20-6-5-19-18(20)22-9-7-21(8-10-22)17(23)16-12-14(2)11-15(3)13-16;/h5-6,11-13H,4,7-10H2,1-3H3;1H. The van der Waals surface area contributed by atoms with E-state index in [4.69, 9.17) is 0 Å². The fraction of sp³-hybridized carbons (Fsp3) is 0.444. The second-order valence-corrected chi connectivity index (χ2v) is 6.17. The average molecular weight is 349 g/mol. The van der Waals surface area contributed by atoms with E-state index in [9.17, 15) is 4.79 Å². The number of anilines is 1. The Balaban J connectivity index is 0.00000208. The van der Waals surface area contributed by atoms with E-state index in [0.717, 1.165) is 55.4 Å². The van der Waals surface area contributed by atoms with Gasteiger partial charge in [-0.1, -0.05) is 17.2 Å². The van der Waals surface area contributed by atoms with Crippen molar-refractivity contribution in [2.75, 3.05) is 31.1 Å². The van der Waals surface area contributed by atoms with Gasteiger partial charge in [-0.2, -0.15) is 0 Å². The largest absolute Gasteiger partial charge is 0.339 e. The minimum Gasteiger partial charge on any atom is -0.339 e. The Bertz CT molecular complexity index is 685. The molecule has 130 valence electrons. The molecule has 1 fully saturated rings. The second kappa shape index (κ2) is 7.71. The number of hydrogen-bond donors (Lipinski definition) is 0. The van der Waals surface area contributed by atoms with Gasteiger partial charge in [0.15, 0.2) is 0 Å². The third kappa shape index (κ3) is 3.73. The van der Waals surface area contributed by atoms with Gasteiger partial charge in [0.25, 0.3) is 5.91 Å². The van der Waals surface area contributed by atoms with Gasteiger partial charge < -0.3 is 14.4 Å². The molecule has 0 unspecified atom stereocenters. The molecule has 0 aliphatic carbocycles. The molecule has 1 aromatic heterocycles. The summed E-state index contributed by atoms with van der Waals surface area (Å²) in [6.07, 6.45) is 3.84. The van der Waals surface area contributed by atoms with Crippen LogP contribution in [0, 0.1) is 13.8 Å². The summed E-state index contributed by atoms with van der Waals surface area (Å²) in [5.74, 6) is 1.14. The molecule has 1 amide bonds. The lowest BCUT2D eigenvalue weighted by Crippen LogP contribution is -2.49. The lowest BCUT2D eigenvalue weighted by Gasteiger charge is -2.35. The Morgan fingerprint density at radius 2 is 1.71 bits per heavy atom. The lowest BCUT2D eigenvalue weighted by atomic mass is 10.1. The van der Waals surface area contributed by atoms with E-state index < -0.39 is 0 Å². The molecule has 1 aromatic carbocycles. The Hall–Kier alpha value is -2.01. The van der Waals surface area contributed by atoms with E-state index in [1.807, 2.05) is 43.3 Å². The van der Waals surface area contributed by atoms with Gasteiger partial charge in [-0.05, 0) is 32.9 Å². The predicted molar refractivity (Wildman–Crippen MR) is 99.2 cm³/mol. The minimum absolute atomic E-state index is 0. The van der Waals surface area contributed by atoms with Crippen LogP contribution in [-0.2, 0) is 6.54 Å². The van der Waals surface area contributed by atoms with Crippen molar-refractivity contribution in [3.05, 3.63) is 47.3 Å². The molecular weight excluding hydrogens is 324 g/mol. The Labute approximate surface area is 149 Å². The molecule has 2 aromatic rings. The molecule has 2 heterocycles. The molecule has 0 N–H and O–H groups in total. The van der Waals surface area contributed by atoms with Crippen molar-refractivity contribution in [3.63, 3.8) is 0 Å². The molecule has 6 heteroatoms. The number of benzene rings is 1. The van der Waals surface area contributed by atoms with Gasteiger partial charge in [0, 0.05) is 50.7 Å². The minimum atomic E-state index is 0. The van der Waals surface area contributed by atoms with E-state index >= 15 is 0 Å². The normalized spacial score (nSPS) is 14.5. The Kier molecular flexibility index (Phi) is 5.89. The average Bonchev–Trinajstić information content (AvgIpc) is 3.02. The molecule has 5 nitrogen and oxygen atoms in total. The Morgan fingerprint density at radius 1 is 1.08 bits per heavy atom. The lowest BCUT2D eigenvalue weighted by molar-refractivity contribution is 0.0746. The first-order valence-electron chi connectivity index (χ1n) is 8.22. The van der Waals surface area contributed by atoms with Crippen LogP contribution >= 0.6 is 12.4 Å². The van der Waals surface area contributed by atoms with Crippen molar-refractivity contribution in [1.82, 2.24) is 14.5 Å².